The Morgan fingerprint density at radius 1 is 1.29 bits per heavy atom. The van der Waals surface area contributed by atoms with Crippen LogP contribution in [0.4, 0.5) is 5.69 Å². The van der Waals surface area contributed by atoms with Crippen LogP contribution in [0, 0.1) is 6.92 Å². The predicted octanol–water partition coefficient (Wildman–Crippen LogP) is 0.861. The zero-order valence-corrected chi connectivity index (χ0v) is 10.6. The molecule has 0 spiro atoms. The number of rotatable bonds is 3. The van der Waals surface area contributed by atoms with Gasteiger partial charge in [-0.05, 0) is 31.5 Å². The number of nitrogens with zero attached hydrogens (tertiary/aromatic N) is 3. The van der Waals surface area contributed by atoms with Crippen molar-refractivity contribution in [1.82, 2.24) is 9.88 Å². The van der Waals surface area contributed by atoms with E-state index < -0.39 is 0 Å². The Hall–Kier alpha value is -1.13. The SMILES string of the molecule is Cc1cnccc1N1CCCN(CCN)CC1. The topological polar surface area (TPSA) is 45.4 Å². The normalized spacial score (nSPS) is 18.1. The van der Waals surface area contributed by atoms with Gasteiger partial charge >= 0.3 is 0 Å². The highest BCUT2D eigenvalue weighted by molar-refractivity contribution is 5.51. The number of aromatic nitrogens is 1. The van der Waals surface area contributed by atoms with Gasteiger partial charge in [-0.1, -0.05) is 0 Å². The second-order valence-corrected chi connectivity index (χ2v) is 4.63. The highest BCUT2D eigenvalue weighted by Gasteiger charge is 2.15. The van der Waals surface area contributed by atoms with Gasteiger partial charge in [-0.15, -0.1) is 0 Å². The van der Waals surface area contributed by atoms with Gasteiger partial charge in [0.1, 0.15) is 0 Å². The summed E-state index contributed by atoms with van der Waals surface area (Å²) in [5, 5.41) is 0. The zero-order chi connectivity index (χ0) is 12.1. The van der Waals surface area contributed by atoms with E-state index in [1.54, 1.807) is 0 Å². The maximum atomic E-state index is 5.62. The van der Waals surface area contributed by atoms with E-state index in [2.05, 4.69) is 27.8 Å². The second kappa shape index (κ2) is 5.98. The summed E-state index contributed by atoms with van der Waals surface area (Å²) in [6, 6.07) is 2.12. The molecule has 0 amide bonds. The molecule has 94 valence electrons. The molecule has 1 saturated heterocycles. The van der Waals surface area contributed by atoms with Crippen LogP contribution in [0.3, 0.4) is 0 Å². The lowest BCUT2D eigenvalue weighted by atomic mass is 10.2. The van der Waals surface area contributed by atoms with Crippen molar-refractivity contribution in [3.8, 4) is 0 Å². The zero-order valence-electron chi connectivity index (χ0n) is 10.6. The van der Waals surface area contributed by atoms with Gasteiger partial charge in [0, 0.05) is 50.8 Å². The first-order chi connectivity index (χ1) is 8.31. The summed E-state index contributed by atoms with van der Waals surface area (Å²) in [4.78, 5) is 9.07. The minimum absolute atomic E-state index is 0.758. The van der Waals surface area contributed by atoms with E-state index in [1.807, 2.05) is 12.4 Å². The molecular weight excluding hydrogens is 212 g/mol. The molecule has 0 saturated carbocycles. The molecule has 2 heterocycles. The quantitative estimate of drug-likeness (QED) is 0.842. The number of hydrogen-bond acceptors (Lipinski definition) is 4. The second-order valence-electron chi connectivity index (χ2n) is 4.63. The maximum Gasteiger partial charge on any atom is 0.0427 e. The van der Waals surface area contributed by atoms with Crippen LogP contribution in [0.25, 0.3) is 0 Å². The summed E-state index contributed by atoms with van der Waals surface area (Å²) < 4.78 is 0. The number of nitrogens with two attached hydrogens (primary N) is 1. The molecular formula is C13H22N4. The van der Waals surface area contributed by atoms with Gasteiger partial charge in [-0.25, -0.2) is 0 Å². The van der Waals surface area contributed by atoms with Crippen molar-refractivity contribution in [1.29, 1.82) is 0 Å². The average Bonchev–Trinajstić information content (AvgIpc) is 2.56. The molecule has 0 aliphatic carbocycles. The fraction of sp³-hybridized carbons (Fsp3) is 0.615. The lowest BCUT2D eigenvalue weighted by Crippen LogP contribution is -2.34. The van der Waals surface area contributed by atoms with Gasteiger partial charge < -0.3 is 15.5 Å². The first-order valence-corrected chi connectivity index (χ1v) is 6.39. The van der Waals surface area contributed by atoms with Gasteiger partial charge in [0.05, 0.1) is 0 Å². The van der Waals surface area contributed by atoms with E-state index in [0.717, 1.165) is 39.3 Å². The molecule has 1 aliphatic rings. The predicted molar refractivity (Wildman–Crippen MR) is 71.3 cm³/mol. The molecule has 2 rings (SSSR count). The van der Waals surface area contributed by atoms with Crippen LogP contribution in [-0.4, -0.2) is 49.2 Å². The van der Waals surface area contributed by atoms with Gasteiger partial charge in [-0.2, -0.15) is 0 Å². The maximum absolute atomic E-state index is 5.62. The summed E-state index contributed by atoms with van der Waals surface area (Å²) in [6.07, 6.45) is 5.03. The van der Waals surface area contributed by atoms with Crippen molar-refractivity contribution in [3.63, 3.8) is 0 Å². The monoisotopic (exact) mass is 234 g/mol. The Bertz CT molecular complexity index is 353. The standard InChI is InChI=1S/C13H22N4/c1-12-11-15-5-3-13(12)17-7-2-6-16(8-4-14)9-10-17/h3,5,11H,2,4,6-10,14H2,1H3. The molecule has 1 aromatic heterocycles. The Morgan fingerprint density at radius 2 is 2.18 bits per heavy atom. The molecule has 4 heteroatoms. The van der Waals surface area contributed by atoms with Gasteiger partial charge in [0.25, 0.3) is 0 Å². The molecule has 0 bridgehead atoms. The minimum Gasteiger partial charge on any atom is -0.370 e. The van der Waals surface area contributed by atoms with Crippen LogP contribution >= 0.6 is 0 Å². The number of anilines is 1. The molecule has 0 aromatic carbocycles. The Morgan fingerprint density at radius 3 is 2.94 bits per heavy atom. The van der Waals surface area contributed by atoms with Crippen LogP contribution in [0.2, 0.25) is 0 Å². The van der Waals surface area contributed by atoms with Gasteiger partial charge in [-0.3, -0.25) is 4.98 Å². The molecule has 1 fully saturated rings. The third-order valence-electron chi connectivity index (χ3n) is 3.37. The third-order valence-corrected chi connectivity index (χ3v) is 3.37. The molecule has 1 aromatic rings. The van der Waals surface area contributed by atoms with E-state index in [9.17, 15) is 0 Å². The molecule has 1 aliphatic heterocycles. The smallest absolute Gasteiger partial charge is 0.0427 e. The first-order valence-electron chi connectivity index (χ1n) is 6.39. The molecule has 0 radical (unpaired) electrons. The van der Waals surface area contributed by atoms with E-state index in [0.29, 0.717) is 0 Å². The Balaban J connectivity index is 2.01. The van der Waals surface area contributed by atoms with Gasteiger partial charge in [0.15, 0.2) is 0 Å². The highest BCUT2D eigenvalue weighted by atomic mass is 15.2. The van der Waals surface area contributed by atoms with Crippen molar-refractivity contribution in [3.05, 3.63) is 24.0 Å². The summed E-state index contributed by atoms with van der Waals surface area (Å²) in [5.74, 6) is 0. The molecule has 4 nitrogen and oxygen atoms in total. The van der Waals surface area contributed by atoms with Crippen molar-refractivity contribution in [2.45, 2.75) is 13.3 Å². The third kappa shape index (κ3) is 3.17. The summed E-state index contributed by atoms with van der Waals surface area (Å²) in [5.41, 5.74) is 8.21. The molecule has 0 unspecified atom stereocenters. The van der Waals surface area contributed by atoms with Crippen molar-refractivity contribution >= 4 is 5.69 Å². The van der Waals surface area contributed by atoms with E-state index in [1.165, 1.54) is 17.7 Å². The van der Waals surface area contributed by atoms with E-state index in [-0.39, 0.29) is 0 Å². The van der Waals surface area contributed by atoms with Crippen molar-refractivity contribution in [2.24, 2.45) is 5.73 Å². The van der Waals surface area contributed by atoms with Crippen LogP contribution in [0.15, 0.2) is 18.5 Å². The van der Waals surface area contributed by atoms with Gasteiger partial charge in [0.2, 0.25) is 0 Å². The molecule has 2 N–H and O–H groups in total. The van der Waals surface area contributed by atoms with Crippen LogP contribution in [-0.2, 0) is 0 Å². The lowest BCUT2D eigenvalue weighted by molar-refractivity contribution is 0.302. The Labute approximate surface area is 103 Å². The number of aryl methyl sites for hydroxylation is 1. The molecule has 0 atom stereocenters. The van der Waals surface area contributed by atoms with Crippen LogP contribution in [0.5, 0.6) is 0 Å². The highest BCUT2D eigenvalue weighted by Crippen LogP contribution is 2.19. The van der Waals surface area contributed by atoms with Crippen molar-refractivity contribution in [2.75, 3.05) is 44.2 Å². The number of pyridine rings is 1. The van der Waals surface area contributed by atoms with Crippen LogP contribution < -0.4 is 10.6 Å². The fourth-order valence-electron chi connectivity index (χ4n) is 2.44. The summed E-state index contributed by atoms with van der Waals surface area (Å²) in [6.45, 7) is 8.40. The fourth-order valence-corrected chi connectivity index (χ4v) is 2.44. The average molecular weight is 234 g/mol. The van der Waals surface area contributed by atoms with Crippen molar-refractivity contribution < 1.29 is 0 Å². The summed E-state index contributed by atoms with van der Waals surface area (Å²) >= 11 is 0. The minimum atomic E-state index is 0.758. The first kappa shape index (κ1) is 12.3. The largest absolute Gasteiger partial charge is 0.370 e. The number of hydrogen-bond donors (Lipinski definition) is 1. The molecule has 17 heavy (non-hydrogen) atoms. The van der Waals surface area contributed by atoms with E-state index >= 15 is 0 Å². The van der Waals surface area contributed by atoms with E-state index in [4.69, 9.17) is 5.73 Å². The lowest BCUT2D eigenvalue weighted by Gasteiger charge is -2.24. The Kier molecular flexibility index (Phi) is 4.34. The summed E-state index contributed by atoms with van der Waals surface area (Å²) in [7, 11) is 0. The van der Waals surface area contributed by atoms with Crippen LogP contribution in [0.1, 0.15) is 12.0 Å².